The van der Waals surface area contributed by atoms with Crippen LogP contribution in [-0.2, 0) is 19.1 Å². The number of rotatable bonds is 10. The molecule has 0 aromatic rings. The topological polar surface area (TPSA) is 119 Å². The lowest BCUT2D eigenvalue weighted by molar-refractivity contribution is -0.142. The van der Waals surface area contributed by atoms with Crippen LogP contribution in [0.2, 0.25) is 0 Å². The number of amides is 2. The fraction of sp³-hybridized carbons (Fsp3) is 0.727. The summed E-state index contributed by atoms with van der Waals surface area (Å²) in [6, 6.07) is -1.11. The van der Waals surface area contributed by atoms with E-state index in [4.69, 9.17) is 15.6 Å². The van der Waals surface area contributed by atoms with Crippen LogP contribution in [0.1, 0.15) is 32.6 Å². The largest absolute Gasteiger partial charge is 0.480 e. The van der Waals surface area contributed by atoms with Gasteiger partial charge in [0.1, 0.15) is 12.6 Å². The Morgan fingerprint density at radius 2 is 2.06 bits per heavy atom. The predicted octanol–water partition coefficient (Wildman–Crippen LogP) is -0.362. The van der Waals surface area contributed by atoms with Crippen molar-refractivity contribution < 1.29 is 24.2 Å². The van der Waals surface area contributed by atoms with Crippen LogP contribution in [0.4, 0.5) is 0 Å². The molecule has 1 atom stereocenters. The zero-order valence-corrected chi connectivity index (χ0v) is 10.5. The van der Waals surface area contributed by atoms with Crippen molar-refractivity contribution in [3.8, 4) is 0 Å². The summed E-state index contributed by atoms with van der Waals surface area (Å²) in [4.78, 5) is 32.7. The fourth-order valence-electron chi connectivity index (χ4n) is 1.19. The lowest BCUT2D eigenvalue weighted by Gasteiger charge is -2.13. The molecule has 7 nitrogen and oxygen atoms in total. The van der Waals surface area contributed by atoms with E-state index in [-0.39, 0.29) is 19.4 Å². The highest BCUT2D eigenvalue weighted by Crippen LogP contribution is 1.97. The van der Waals surface area contributed by atoms with Gasteiger partial charge in [-0.3, -0.25) is 9.59 Å². The van der Waals surface area contributed by atoms with Crippen LogP contribution >= 0.6 is 0 Å². The summed E-state index contributed by atoms with van der Waals surface area (Å²) in [5.74, 6) is -2.31. The number of carbonyl (C=O) groups excluding carboxylic acids is 2. The Morgan fingerprint density at radius 1 is 1.39 bits per heavy atom. The van der Waals surface area contributed by atoms with Crippen LogP contribution in [0.15, 0.2) is 0 Å². The van der Waals surface area contributed by atoms with E-state index in [0.717, 1.165) is 12.8 Å². The number of carbonyl (C=O) groups is 3. The first-order valence-corrected chi connectivity index (χ1v) is 5.85. The predicted molar refractivity (Wildman–Crippen MR) is 63.7 cm³/mol. The van der Waals surface area contributed by atoms with Gasteiger partial charge in [-0.05, 0) is 12.8 Å². The average Bonchev–Trinajstić information content (AvgIpc) is 2.29. The molecule has 0 aromatic heterocycles. The summed E-state index contributed by atoms with van der Waals surface area (Å²) in [5.41, 5.74) is 4.92. The van der Waals surface area contributed by atoms with E-state index in [1.54, 1.807) is 0 Å². The van der Waals surface area contributed by atoms with Gasteiger partial charge in [-0.2, -0.15) is 0 Å². The van der Waals surface area contributed by atoms with Crippen LogP contribution in [-0.4, -0.2) is 42.1 Å². The Hall–Kier alpha value is -1.63. The van der Waals surface area contributed by atoms with Crippen LogP contribution < -0.4 is 11.1 Å². The number of primary amides is 1. The molecule has 0 saturated carbocycles. The third-order valence-corrected chi connectivity index (χ3v) is 2.19. The molecule has 7 heteroatoms. The van der Waals surface area contributed by atoms with E-state index >= 15 is 0 Å². The first-order chi connectivity index (χ1) is 8.47. The molecule has 1 unspecified atom stereocenters. The van der Waals surface area contributed by atoms with Crippen molar-refractivity contribution in [1.29, 1.82) is 0 Å². The number of hydrogen-bond donors (Lipinski definition) is 3. The van der Waals surface area contributed by atoms with Crippen LogP contribution in [0.25, 0.3) is 0 Å². The van der Waals surface area contributed by atoms with Gasteiger partial charge in [-0.1, -0.05) is 13.3 Å². The molecule has 0 aliphatic heterocycles. The molecule has 0 aliphatic rings. The molecule has 0 rings (SSSR count). The number of carboxylic acid groups (broad SMARTS) is 1. The molecule has 4 N–H and O–H groups in total. The molecule has 0 bridgehead atoms. The van der Waals surface area contributed by atoms with Gasteiger partial charge in [0.25, 0.3) is 0 Å². The van der Waals surface area contributed by atoms with Crippen LogP contribution in [0.5, 0.6) is 0 Å². The average molecular weight is 260 g/mol. The van der Waals surface area contributed by atoms with E-state index in [9.17, 15) is 14.4 Å². The summed E-state index contributed by atoms with van der Waals surface area (Å²) in [6.07, 6.45) is 1.69. The molecule has 2 amide bonds. The Morgan fingerprint density at radius 3 is 2.56 bits per heavy atom. The number of aliphatic carboxylic acids is 1. The highest BCUT2D eigenvalue weighted by molar-refractivity contribution is 5.84. The summed E-state index contributed by atoms with van der Waals surface area (Å²) in [7, 11) is 0. The first-order valence-electron chi connectivity index (χ1n) is 5.85. The maximum atomic E-state index is 11.4. The van der Waals surface area contributed by atoms with Gasteiger partial charge in [0.05, 0.1) is 0 Å². The zero-order chi connectivity index (χ0) is 14.0. The molecule has 0 heterocycles. The lowest BCUT2D eigenvalue weighted by Crippen LogP contribution is -2.43. The Labute approximate surface area is 106 Å². The quantitative estimate of drug-likeness (QED) is 0.463. The number of carboxylic acids is 1. The highest BCUT2D eigenvalue weighted by Gasteiger charge is 2.20. The molecule has 0 fully saturated rings. The third-order valence-electron chi connectivity index (χ3n) is 2.19. The Bertz CT molecular complexity index is 293. The van der Waals surface area contributed by atoms with Gasteiger partial charge in [0.2, 0.25) is 11.8 Å². The molecule has 104 valence electrons. The Kier molecular flexibility index (Phi) is 8.55. The van der Waals surface area contributed by atoms with Crippen molar-refractivity contribution in [3.05, 3.63) is 0 Å². The number of nitrogens with one attached hydrogen (secondary N) is 1. The first kappa shape index (κ1) is 16.4. The third kappa shape index (κ3) is 8.51. The molecule has 0 spiro atoms. The minimum atomic E-state index is -1.20. The minimum Gasteiger partial charge on any atom is -0.480 e. The number of ether oxygens (including phenoxy) is 1. The second-order valence-corrected chi connectivity index (χ2v) is 3.87. The smallest absolute Gasteiger partial charge is 0.326 e. The van der Waals surface area contributed by atoms with Gasteiger partial charge in [0, 0.05) is 13.0 Å². The molecule has 0 aliphatic carbocycles. The van der Waals surface area contributed by atoms with Crippen LogP contribution in [0, 0.1) is 0 Å². The lowest BCUT2D eigenvalue weighted by atomic mass is 10.1. The van der Waals surface area contributed by atoms with Crippen molar-refractivity contribution in [2.45, 2.75) is 38.6 Å². The zero-order valence-electron chi connectivity index (χ0n) is 10.5. The molecule has 0 aromatic carbocycles. The number of nitrogens with two attached hydrogens (primary N) is 1. The van der Waals surface area contributed by atoms with E-state index < -0.39 is 23.8 Å². The number of hydrogen-bond acceptors (Lipinski definition) is 4. The van der Waals surface area contributed by atoms with E-state index in [0.29, 0.717) is 6.61 Å². The van der Waals surface area contributed by atoms with Gasteiger partial charge in [-0.15, -0.1) is 0 Å². The standard InChI is InChI=1S/C11H20N2O5/c1-2-3-6-18-7-10(15)13-8(11(16)17)4-5-9(12)14/h8H,2-7H2,1H3,(H2,12,14)(H,13,15)(H,16,17). The number of unbranched alkanes of at least 4 members (excludes halogenated alkanes) is 1. The van der Waals surface area contributed by atoms with Crippen molar-refractivity contribution in [2.75, 3.05) is 13.2 Å². The maximum Gasteiger partial charge on any atom is 0.326 e. The van der Waals surface area contributed by atoms with Gasteiger partial charge >= 0.3 is 5.97 Å². The summed E-state index contributed by atoms with van der Waals surface area (Å²) < 4.78 is 5.05. The normalized spacial score (nSPS) is 11.8. The molecule has 0 saturated heterocycles. The van der Waals surface area contributed by atoms with Crippen molar-refractivity contribution in [3.63, 3.8) is 0 Å². The Balaban J connectivity index is 3.96. The fourth-order valence-corrected chi connectivity index (χ4v) is 1.19. The molecular weight excluding hydrogens is 240 g/mol. The van der Waals surface area contributed by atoms with E-state index in [1.807, 2.05) is 6.92 Å². The molecular formula is C11H20N2O5. The molecule has 18 heavy (non-hydrogen) atoms. The molecule has 0 radical (unpaired) electrons. The minimum absolute atomic E-state index is 0.0225. The highest BCUT2D eigenvalue weighted by atomic mass is 16.5. The SMILES string of the molecule is CCCCOCC(=O)NC(CCC(N)=O)C(=O)O. The summed E-state index contributed by atoms with van der Waals surface area (Å²) >= 11 is 0. The summed E-state index contributed by atoms with van der Waals surface area (Å²) in [6.45, 7) is 2.27. The maximum absolute atomic E-state index is 11.4. The van der Waals surface area contributed by atoms with Crippen LogP contribution in [0.3, 0.4) is 0 Å². The van der Waals surface area contributed by atoms with Gasteiger partial charge in [0.15, 0.2) is 0 Å². The second kappa shape index (κ2) is 9.41. The van der Waals surface area contributed by atoms with Crippen molar-refractivity contribution in [2.24, 2.45) is 5.73 Å². The van der Waals surface area contributed by atoms with E-state index in [2.05, 4.69) is 5.32 Å². The van der Waals surface area contributed by atoms with E-state index in [1.165, 1.54) is 0 Å². The van der Waals surface area contributed by atoms with Crippen molar-refractivity contribution >= 4 is 17.8 Å². The monoisotopic (exact) mass is 260 g/mol. The second-order valence-electron chi connectivity index (χ2n) is 3.87. The van der Waals surface area contributed by atoms with Gasteiger partial charge < -0.3 is 20.9 Å². The van der Waals surface area contributed by atoms with Gasteiger partial charge in [-0.25, -0.2) is 4.79 Å². The summed E-state index contributed by atoms with van der Waals surface area (Å²) in [5, 5.41) is 11.1. The van der Waals surface area contributed by atoms with Crippen molar-refractivity contribution in [1.82, 2.24) is 5.32 Å².